The smallest absolute Gasteiger partial charge is 0.0571 e. The largest absolute Gasteiger partial charge is 0.393 e. The van der Waals surface area contributed by atoms with Gasteiger partial charge in [-0.25, -0.2) is 0 Å². The van der Waals surface area contributed by atoms with Gasteiger partial charge in [-0.3, -0.25) is 0 Å². The molecule has 0 bridgehead atoms. The van der Waals surface area contributed by atoms with Gasteiger partial charge in [0.05, 0.1) is 6.10 Å². The normalized spacial score (nSPS) is 21.0. The Balaban J connectivity index is 2.04. The third-order valence-corrected chi connectivity index (χ3v) is 2.80. The van der Waals surface area contributed by atoms with E-state index in [4.69, 9.17) is 9.47 Å². The van der Waals surface area contributed by atoms with Crippen molar-refractivity contribution in [2.24, 2.45) is 5.92 Å². The monoisotopic (exact) mass is 202 g/mol. The van der Waals surface area contributed by atoms with Gasteiger partial charge in [0.15, 0.2) is 0 Å². The standard InChI is InChI=1S/C11H22O3/c1-2-13-7-3-4-11(12)10-5-8-14-9-6-10/h10-12H,2-9H2,1H3. The van der Waals surface area contributed by atoms with Crippen LogP contribution in [0.2, 0.25) is 0 Å². The number of aliphatic hydroxyl groups is 1. The Morgan fingerprint density at radius 3 is 2.79 bits per heavy atom. The van der Waals surface area contributed by atoms with E-state index in [1.165, 1.54) is 0 Å². The van der Waals surface area contributed by atoms with Gasteiger partial charge >= 0.3 is 0 Å². The maximum atomic E-state index is 9.86. The fraction of sp³-hybridized carbons (Fsp3) is 1.00. The fourth-order valence-electron chi connectivity index (χ4n) is 1.88. The maximum absolute atomic E-state index is 9.86. The van der Waals surface area contributed by atoms with Gasteiger partial charge in [0.25, 0.3) is 0 Å². The minimum absolute atomic E-state index is 0.153. The lowest BCUT2D eigenvalue weighted by atomic mass is 9.91. The van der Waals surface area contributed by atoms with Crippen molar-refractivity contribution in [3.05, 3.63) is 0 Å². The zero-order chi connectivity index (χ0) is 10.2. The van der Waals surface area contributed by atoms with E-state index < -0.39 is 0 Å². The molecule has 1 N–H and O–H groups in total. The highest BCUT2D eigenvalue weighted by Crippen LogP contribution is 2.21. The molecular weight excluding hydrogens is 180 g/mol. The number of hydrogen-bond donors (Lipinski definition) is 1. The van der Waals surface area contributed by atoms with Crippen LogP contribution in [0.1, 0.15) is 32.6 Å². The van der Waals surface area contributed by atoms with Crippen LogP contribution in [0.5, 0.6) is 0 Å². The quantitative estimate of drug-likeness (QED) is 0.665. The summed E-state index contributed by atoms with van der Waals surface area (Å²) in [6, 6.07) is 0. The number of ether oxygens (including phenoxy) is 2. The Hall–Kier alpha value is -0.120. The Kier molecular flexibility index (Phi) is 6.15. The molecule has 1 unspecified atom stereocenters. The zero-order valence-corrected chi connectivity index (χ0v) is 9.08. The van der Waals surface area contributed by atoms with Crippen LogP contribution in [0, 0.1) is 5.92 Å². The molecule has 1 aliphatic heterocycles. The number of rotatable bonds is 6. The van der Waals surface area contributed by atoms with E-state index in [0.717, 1.165) is 52.1 Å². The molecule has 1 rings (SSSR count). The molecule has 0 aromatic heterocycles. The first-order valence-electron chi connectivity index (χ1n) is 5.68. The maximum Gasteiger partial charge on any atom is 0.0571 e. The first-order chi connectivity index (χ1) is 6.84. The molecule has 1 saturated heterocycles. The van der Waals surface area contributed by atoms with Crippen molar-refractivity contribution in [1.82, 2.24) is 0 Å². The van der Waals surface area contributed by atoms with Crippen LogP contribution >= 0.6 is 0 Å². The second-order valence-corrected chi connectivity index (χ2v) is 3.86. The highest BCUT2D eigenvalue weighted by Gasteiger charge is 2.21. The molecule has 1 fully saturated rings. The van der Waals surface area contributed by atoms with Crippen LogP contribution in [0.15, 0.2) is 0 Å². The summed E-state index contributed by atoms with van der Waals surface area (Å²) in [5.41, 5.74) is 0. The minimum atomic E-state index is -0.153. The first-order valence-corrected chi connectivity index (χ1v) is 5.68. The van der Waals surface area contributed by atoms with Gasteiger partial charge in [-0.1, -0.05) is 0 Å². The lowest BCUT2D eigenvalue weighted by molar-refractivity contribution is 0.00120. The molecule has 0 saturated carbocycles. The Morgan fingerprint density at radius 2 is 2.14 bits per heavy atom. The average molecular weight is 202 g/mol. The Labute approximate surface area is 86.4 Å². The van der Waals surface area contributed by atoms with Crippen molar-refractivity contribution in [3.8, 4) is 0 Å². The highest BCUT2D eigenvalue weighted by molar-refractivity contribution is 4.71. The van der Waals surface area contributed by atoms with Gasteiger partial charge in [-0.2, -0.15) is 0 Å². The lowest BCUT2D eigenvalue weighted by Gasteiger charge is -2.26. The molecule has 3 heteroatoms. The van der Waals surface area contributed by atoms with Crippen LogP contribution in [0.25, 0.3) is 0 Å². The lowest BCUT2D eigenvalue weighted by Crippen LogP contribution is -2.27. The molecule has 0 amide bonds. The molecule has 1 aliphatic rings. The van der Waals surface area contributed by atoms with Crippen LogP contribution in [0.3, 0.4) is 0 Å². The second-order valence-electron chi connectivity index (χ2n) is 3.86. The van der Waals surface area contributed by atoms with Gasteiger partial charge in [-0.15, -0.1) is 0 Å². The second kappa shape index (κ2) is 7.21. The third-order valence-electron chi connectivity index (χ3n) is 2.80. The Bertz CT molecular complexity index is 132. The molecule has 1 heterocycles. The van der Waals surface area contributed by atoms with E-state index in [9.17, 15) is 5.11 Å². The fourth-order valence-corrected chi connectivity index (χ4v) is 1.88. The van der Waals surface area contributed by atoms with E-state index in [-0.39, 0.29) is 6.10 Å². The van der Waals surface area contributed by atoms with E-state index in [2.05, 4.69) is 0 Å². The van der Waals surface area contributed by atoms with Crippen LogP contribution < -0.4 is 0 Å². The molecule has 14 heavy (non-hydrogen) atoms. The number of hydrogen-bond acceptors (Lipinski definition) is 3. The SMILES string of the molecule is CCOCCCC(O)C1CCOCC1. The third kappa shape index (κ3) is 4.40. The molecule has 3 nitrogen and oxygen atoms in total. The molecule has 0 spiro atoms. The van der Waals surface area contributed by atoms with Crippen LogP contribution in [0.4, 0.5) is 0 Å². The molecule has 0 aliphatic carbocycles. The summed E-state index contributed by atoms with van der Waals surface area (Å²) >= 11 is 0. The van der Waals surface area contributed by atoms with Gasteiger partial charge in [0.1, 0.15) is 0 Å². The van der Waals surface area contributed by atoms with Gasteiger partial charge in [0.2, 0.25) is 0 Å². The summed E-state index contributed by atoms with van der Waals surface area (Å²) < 4.78 is 10.5. The predicted octanol–water partition coefficient (Wildman–Crippen LogP) is 1.59. The van der Waals surface area contributed by atoms with Crippen LogP contribution in [-0.2, 0) is 9.47 Å². The molecule has 0 aromatic carbocycles. The average Bonchev–Trinajstić information content (AvgIpc) is 2.25. The molecular formula is C11H22O3. The highest BCUT2D eigenvalue weighted by atomic mass is 16.5. The topological polar surface area (TPSA) is 38.7 Å². The van der Waals surface area contributed by atoms with E-state index >= 15 is 0 Å². The summed E-state index contributed by atoms with van der Waals surface area (Å²) in [5.74, 6) is 0.449. The van der Waals surface area contributed by atoms with E-state index in [1.807, 2.05) is 6.92 Å². The molecule has 0 radical (unpaired) electrons. The molecule has 1 atom stereocenters. The van der Waals surface area contributed by atoms with Crippen LogP contribution in [-0.4, -0.2) is 37.6 Å². The summed E-state index contributed by atoms with van der Waals surface area (Å²) in [5, 5.41) is 9.86. The van der Waals surface area contributed by atoms with E-state index in [1.54, 1.807) is 0 Å². The van der Waals surface area contributed by atoms with Gasteiger partial charge in [-0.05, 0) is 38.5 Å². The minimum Gasteiger partial charge on any atom is -0.393 e. The first kappa shape index (κ1) is 12.0. The number of aliphatic hydroxyl groups excluding tert-OH is 1. The van der Waals surface area contributed by atoms with Crippen molar-refractivity contribution in [2.75, 3.05) is 26.4 Å². The zero-order valence-electron chi connectivity index (χ0n) is 9.08. The molecule has 0 aromatic rings. The Morgan fingerprint density at radius 1 is 1.43 bits per heavy atom. The summed E-state index contributed by atoms with van der Waals surface area (Å²) in [7, 11) is 0. The van der Waals surface area contributed by atoms with Crippen molar-refractivity contribution in [3.63, 3.8) is 0 Å². The van der Waals surface area contributed by atoms with Crippen molar-refractivity contribution >= 4 is 0 Å². The van der Waals surface area contributed by atoms with Gasteiger partial charge < -0.3 is 14.6 Å². The predicted molar refractivity (Wildman–Crippen MR) is 55.3 cm³/mol. The van der Waals surface area contributed by atoms with Crippen molar-refractivity contribution in [2.45, 2.75) is 38.7 Å². The van der Waals surface area contributed by atoms with Gasteiger partial charge in [0, 0.05) is 26.4 Å². The summed E-state index contributed by atoms with van der Waals surface area (Å²) in [6.07, 6.45) is 3.70. The summed E-state index contributed by atoms with van der Waals surface area (Å²) in [6.45, 7) is 5.17. The molecule has 84 valence electrons. The van der Waals surface area contributed by atoms with Crippen molar-refractivity contribution in [1.29, 1.82) is 0 Å². The van der Waals surface area contributed by atoms with Crippen molar-refractivity contribution < 1.29 is 14.6 Å². The van der Waals surface area contributed by atoms with E-state index in [0.29, 0.717) is 5.92 Å². The summed E-state index contributed by atoms with van der Waals surface area (Å²) in [4.78, 5) is 0.